The molecule has 1 heterocycles. The zero-order valence-electron chi connectivity index (χ0n) is 22.0. The topological polar surface area (TPSA) is 71.5 Å². The minimum Gasteiger partial charge on any atom is -0.490 e. The van der Waals surface area contributed by atoms with Gasteiger partial charge in [0.15, 0.2) is 0 Å². The molecule has 37 heavy (non-hydrogen) atoms. The van der Waals surface area contributed by atoms with Gasteiger partial charge in [-0.15, -0.1) is 0 Å². The first-order valence-electron chi connectivity index (χ1n) is 13.9. The van der Waals surface area contributed by atoms with Gasteiger partial charge in [0.1, 0.15) is 5.75 Å². The number of nitrogens with one attached hydrogen (secondary N) is 1. The number of hydrogen-bond acceptors (Lipinski definition) is 4. The number of hydrogen-bond donors (Lipinski definition) is 2. The van der Waals surface area contributed by atoms with Crippen molar-refractivity contribution in [2.24, 2.45) is 11.3 Å². The molecule has 5 nitrogen and oxygen atoms in total. The fourth-order valence-corrected chi connectivity index (χ4v) is 6.62. The highest BCUT2D eigenvalue weighted by atomic mass is 16.5. The normalized spacial score (nSPS) is 30.0. The van der Waals surface area contributed by atoms with Gasteiger partial charge in [-0.1, -0.05) is 42.5 Å². The van der Waals surface area contributed by atoms with Crippen molar-refractivity contribution in [3.63, 3.8) is 0 Å². The molecule has 0 aliphatic heterocycles. The summed E-state index contributed by atoms with van der Waals surface area (Å²) >= 11 is 0. The first-order valence-corrected chi connectivity index (χ1v) is 13.9. The first kappa shape index (κ1) is 25.7. The zero-order chi connectivity index (χ0) is 25.9. The lowest BCUT2D eigenvalue weighted by molar-refractivity contribution is -0.156. The Kier molecular flexibility index (Phi) is 7.52. The van der Waals surface area contributed by atoms with Gasteiger partial charge in [-0.2, -0.15) is 0 Å². The molecule has 4 saturated carbocycles. The summed E-state index contributed by atoms with van der Waals surface area (Å²) in [4.78, 5) is 16.6. The number of allylic oxidation sites excluding steroid dienone is 5. The third-order valence-corrected chi connectivity index (χ3v) is 9.29. The third-order valence-electron chi connectivity index (χ3n) is 9.29. The van der Waals surface area contributed by atoms with Crippen LogP contribution in [-0.4, -0.2) is 27.7 Å². The molecule has 0 radical (unpaired) electrons. The van der Waals surface area contributed by atoms with Crippen LogP contribution in [0.2, 0.25) is 0 Å². The van der Waals surface area contributed by atoms with E-state index in [1.54, 1.807) is 0 Å². The van der Waals surface area contributed by atoms with Crippen molar-refractivity contribution in [3.05, 3.63) is 72.5 Å². The molecule has 4 aliphatic carbocycles. The zero-order valence-corrected chi connectivity index (χ0v) is 22.0. The summed E-state index contributed by atoms with van der Waals surface area (Å²) in [6.45, 7) is 6.67. The van der Waals surface area contributed by atoms with Gasteiger partial charge in [-0.05, 0) is 101 Å². The molecule has 0 atom stereocenters. The van der Waals surface area contributed by atoms with Crippen LogP contribution in [0.5, 0.6) is 5.75 Å². The number of carboxylic acids is 1. The maximum atomic E-state index is 11.7. The predicted octanol–water partition coefficient (Wildman–Crippen LogP) is 7.13. The van der Waals surface area contributed by atoms with Crippen molar-refractivity contribution in [1.82, 2.24) is 10.3 Å². The molecule has 2 bridgehead atoms. The molecule has 4 fully saturated rings. The predicted molar refractivity (Wildman–Crippen MR) is 149 cm³/mol. The highest BCUT2D eigenvalue weighted by Gasteiger charge is 2.52. The molecule has 0 amide bonds. The number of carboxylic acid groups (broad SMARTS) is 1. The van der Waals surface area contributed by atoms with Gasteiger partial charge in [0.25, 0.3) is 0 Å². The maximum Gasteiger partial charge on any atom is 0.309 e. The molecule has 0 unspecified atom stereocenters. The van der Waals surface area contributed by atoms with E-state index < -0.39 is 11.4 Å². The second kappa shape index (κ2) is 10.8. The molecule has 0 saturated heterocycles. The molecule has 2 N–H and O–H groups in total. The molecular formula is C32H40N2O3. The molecular weight excluding hydrogens is 460 g/mol. The molecule has 0 spiro atoms. The van der Waals surface area contributed by atoms with Crippen LogP contribution in [0.4, 0.5) is 0 Å². The smallest absolute Gasteiger partial charge is 0.309 e. The summed E-state index contributed by atoms with van der Waals surface area (Å²) in [7, 11) is 0. The number of carbonyl (C=O) groups is 1. The van der Waals surface area contributed by atoms with Gasteiger partial charge in [0, 0.05) is 17.5 Å². The molecule has 1 aromatic heterocycles. The fraction of sp³-hybridized carbons (Fsp3) is 0.500. The average molecular weight is 501 g/mol. The second-order valence-electron chi connectivity index (χ2n) is 11.5. The third kappa shape index (κ3) is 5.67. The van der Waals surface area contributed by atoms with Crippen molar-refractivity contribution in [3.8, 4) is 5.75 Å². The number of rotatable bonds is 9. The fourth-order valence-electron chi connectivity index (χ4n) is 6.62. The van der Waals surface area contributed by atoms with E-state index in [1.165, 1.54) is 18.4 Å². The highest BCUT2D eigenvalue weighted by molar-refractivity contribution is 5.80. The van der Waals surface area contributed by atoms with E-state index >= 15 is 0 Å². The van der Waals surface area contributed by atoms with Crippen LogP contribution < -0.4 is 10.1 Å². The highest BCUT2D eigenvalue weighted by Crippen LogP contribution is 2.52. The Hall–Kier alpha value is -2.92. The lowest BCUT2D eigenvalue weighted by Gasteiger charge is -2.51. The van der Waals surface area contributed by atoms with Gasteiger partial charge in [0.05, 0.1) is 22.7 Å². The lowest BCUT2D eigenvalue weighted by atomic mass is 9.57. The van der Waals surface area contributed by atoms with Crippen molar-refractivity contribution in [2.75, 3.05) is 0 Å². The van der Waals surface area contributed by atoms with E-state index in [1.807, 2.05) is 12.2 Å². The average Bonchev–Trinajstić information content (AvgIpc) is 2.93. The Labute approximate surface area is 220 Å². The summed E-state index contributed by atoms with van der Waals surface area (Å²) in [5, 5.41) is 14.5. The van der Waals surface area contributed by atoms with Gasteiger partial charge >= 0.3 is 5.97 Å². The Balaban J connectivity index is 1.15. The van der Waals surface area contributed by atoms with Crippen LogP contribution >= 0.6 is 0 Å². The Morgan fingerprint density at radius 2 is 1.81 bits per heavy atom. The Bertz CT molecular complexity index is 1180. The van der Waals surface area contributed by atoms with Gasteiger partial charge in [-0.25, -0.2) is 0 Å². The summed E-state index contributed by atoms with van der Waals surface area (Å²) in [6, 6.07) is 10.5. The molecule has 2 aromatic rings. The van der Waals surface area contributed by atoms with E-state index in [0.717, 1.165) is 80.3 Å². The summed E-state index contributed by atoms with van der Waals surface area (Å²) in [5.41, 5.74) is 3.06. The minimum absolute atomic E-state index is 0.0706. The van der Waals surface area contributed by atoms with Crippen LogP contribution in [0.3, 0.4) is 0 Å². The van der Waals surface area contributed by atoms with Gasteiger partial charge < -0.3 is 15.2 Å². The second-order valence-corrected chi connectivity index (χ2v) is 11.5. The van der Waals surface area contributed by atoms with Crippen LogP contribution in [0, 0.1) is 11.3 Å². The largest absolute Gasteiger partial charge is 0.490 e. The van der Waals surface area contributed by atoms with E-state index in [-0.39, 0.29) is 11.6 Å². The SMILES string of the molecule is C=C/C=C\C=C(/C)C1CCC(Oc2ccc3nc(CNC45CCC(C(=O)O)(CC4)CC5)ccc3c2)CC1. The Morgan fingerprint density at radius 1 is 1.08 bits per heavy atom. The number of aromatic nitrogens is 1. The van der Waals surface area contributed by atoms with Crippen LogP contribution in [0.15, 0.2) is 66.8 Å². The molecule has 196 valence electrons. The maximum absolute atomic E-state index is 11.7. The molecule has 1 aromatic carbocycles. The van der Waals surface area contributed by atoms with Crippen LogP contribution in [-0.2, 0) is 11.3 Å². The number of ether oxygens (including phenoxy) is 1. The Morgan fingerprint density at radius 3 is 2.49 bits per heavy atom. The van der Waals surface area contributed by atoms with Crippen molar-refractivity contribution in [1.29, 1.82) is 0 Å². The summed E-state index contributed by atoms with van der Waals surface area (Å²) in [5.74, 6) is 0.964. The molecule has 6 rings (SSSR count). The number of nitrogens with zero attached hydrogens (tertiary/aromatic N) is 1. The standard InChI is InChI=1S/C32H40N2O3/c1-3-4-5-6-23(2)24-8-11-27(12-9-24)37-28-13-14-29-25(21-28)7-10-26(34-29)22-33-32-18-15-31(16-19-32,17-20-32)30(35)36/h3-7,10,13-14,21,24,27,33H,1,8-9,11-12,15-20,22H2,2H3,(H,35,36)/b5-4-,23-6+. The number of fused-ring (bicyclic) bond motifs is 4. The van der Waals surface area contributed by atoms with E-state index in [2.05, 4.69) is 61.3 Å². The molecule has 5 heteroatoms. The van der Waals surface area contributed by atoms with Crippen LogP contribution in [0.25, 0.3) is 10.9 Å². The summed E-state index contributed by atoms with van der Waals surface area (Å²) in [6.07, 6.45) is 18.0. The van der Waals surface area contributed by atoms with E-state index in [9.17, 15) is 9.90 Å². The monoisotopic (exact) mass is 500 g/mol. The summed E-state index contributed by atoms with van der Waals surface area (Å²) < 4.78 is 6.38. The van der Waals surface area contributed by atoms with E-state index in [4.69, 9.17) is 9.72 Å². The lowest BCUT2D eigenvalue weighted by Crippen LogP contribution is -2.56. The number of benzene rings is 1. The molecule has 4 aliphatic rings. The quantitative estimate of drug-likeness (QED) is 0.358. The first-order chi connectivity index (χ1) is 17.9. The van der Waals surface area contributed by atoms with Gasteiger partial charge in [0.2, 0.25) is 0 Å². The van der Waals surface area contributed by atoms with Crippen LogP contribution in [0.1, 0.15) is 76.8 Å². The van der Waals surface area contributed by atoms with Crippen molar-refractivity contribution >= 4 is 16.9 Å². The van der Waals surface area contributed by atoms with Gasteiger partial charge in [-0.3, -0.25) is 9.78 Å². The van der Waals surface area contributed by atoms with E-state index in [0.29, 0.717) is 5.92 Å². The van der Waals surface area contributed by atoms with Crippen molar-refractivity contribution in [2.45, 2.75) is 89.3 Å². The number of pyridine rings is 1. The number of aliphatic carboxylic acids is 1. The minimum atomic E-state index is -0.604. The van der Waals surface area contributed by atoms with Crippen molar-refractivity contribution < 1.29 is 14.6 Å².